The van der Waals surface area contributed by atoms with E-state index in [2.05, 4.69) is 25.4 Å². The predicted octanol–water partition coefficient (Wildman–Crippen LogP) is 1.78. The van der Waals surface area contributed by atoms with Gasteiger partial charge in [0.2, 0.25) is 0 Å². The van der Waals surface area contributed by atoms with Gasteiger partial charge < -0.3 is 10.4 Å². The van der Waals surface area contributed by atoms with E-state index in [1.54, 1.807) is 17.1 Å². The summed E-state index contributed by atoms with van der Waals surface area (Å²) in [6, 6.07) is 7.49. The summed E-state index contributed by atoms with van der Waals surface area (Å²) in [7, 11) is 0. The van der Waals surface area contributed by atoms with Gasteiger partial charge in [0.25, 0.3) is 0 Å². The molecule has 0 spiro atoms. The van der Waals surface area contributed by atoms with Gasteiger partial charge in [0.05, 0.1) is 25.0 Å². The quantitative estimate of drug-likeness (QED) is 0.746. The monoisotopic (exact) mass is 296 g/mol. The maximum atomic E-state index is 8.91. The summed E-state index contributed by atoms with van der Waals surface area (Å²) in [6.07, 6.45) is 5.22. The molecular formula is C15H16N6O. The van der Waals surface area contributed by atoms with Crippen LogP contribution >= 0.6 is 0 Å². The smallest absolute Gasteiger partial charge is 0.180 e. The molecule has 3 aromatic heterocycles. The summed E-state index contributed by atoms with van der Waals surface area (Å²) >= 11 is 0. The van der Waals surface area contributed by atoms with Crippen LogP contribution in [0, 0.1) is 6.92 Å². The van der Waals surface area contributed by atoms with Gasteiger partial charge >= 0.3 is 0 Å². The van der Waals surface area contributed by atoms with Crippen molar-refractivity contribution in [2.75, 3.05) is 11.9 Å². The van der Waals surface area contributed by atoms with Crippen molar-refractivity contribution in [3.63, 3.8) is 0 Å². The maximum absolute atomic E-state index is 8.91. The minimum absolute atomic E-state index is 0.0531. The van der Waals surface area contributed by atoms with Crippen LogP contribution in [0.5, 0.6) is 0 Å². The van der Waals surface area contributed by atoms with Crippen molar-refractivity contribution in [1.29, 1.82) is 0 Å². The van der Waals surface area contributed by atoms with E-state index in [1.165, 1.54) is 0 Å². The first-order valence-electron chi connectivity index (χ1n) is 6.92. The lowest BCUT2D eigenvalue weighted by Gasteiger charge is -2.06. The van der Waals surface area contributed by atoms with Crippen LogP contribution in [0.3, 0.4) is 0 Å². The summed E-state index contributed by atoms with van der Waals surface area (Å²) in [5.74, 6) is 1.25. The predicted molar refractivity (Wildman–Crippen MR) is 82.6 cm³/mol. The van der Waals surface area contributed by atoms with E-state index in [0.29, 0.717) is 18.2 Å². The van der Waals surface area contributed by atoms with Gasteiger partial charge in [0.15, 0.2) is 5.82 Å². The lowest BCUT2D eigenvalue weighted by molar-refractivity contribution is 0.269. The lowest BCUT2D eigenvalue weighted by atomic mass is 10.3. The normalized spacial score (nSPS) is 10.6. The molecule has 2 N–H and O–H groups in total. The highest BCUT2D eigenvalue weighted by Gasteiger charge is 2.07. The van der Waals surface area contributed by atoms with E-state index in [4.69, 9.17) is 5.11 Å². The second kappa shape index (κ2) is 6.31. The van der Waals surface area contributed by atoms with E-state index in [1.807, 2.05) is 37.4 Å². The van der Waals surface area contributed by atoms with E-state index >= 15 is 0 Å². The third-order valence-corrected chi connectivity index (χ3v) is 2.98. The maximum Gasteiger partial charge on any atom is 0.180 e. The number of nitrogens with one attached hydrogen (secondary N) is 1. The second-order valence-electron chi connectivity index (χ2n) is 4.77. The Morgan fingerprint density at radius 3 is 2.95 bits per heavy atom. The Balaban J connectivity index is 1.86. The highest BCUT2D eigenvalue weighted by atomic mass is 16.3. The molecule has 3 aromatic rings. The summed E-state index contributed by atoms with van der Waals surface area (Å²) in [5, 5.41) is 16.2. The fourth-order valence-electron chi connectivity index (χ4n) is 2.04. The van der Waals surface area contributed by atoms with E-state index in [9.17, 15) is 0 Å². The van der Waals surface area contributed by atoms with Crippen LogP contribution in [0.1, 0.15) is 5.69 Å². The molecule has 7 nitrogen and oxygen atoms in total. The van der Waals surface area contributed by atoms with Gasteiger partial charge in [-0.15, -0.1) is 0 Å². The van der Waals surface area contributed by atoms with Crippen molar-refractivity contribution in [2.24, 2.45) is 0 Å². The van der Waals surface area contributed by atoms with Crippen molar-refractivity contribution in [2.45, 2.75) is 13.5 Å². The highest BCUT2D eigenvalue weighted by Crippen LogP contribution is 2.18. The average molecular weight is 296 g/mol. The first kappa shape index (κ1) is 14.2. The molecule has 0 bridgehead atoms. The number of aliphatic hydroxyl groups is 1. The molecule has 112 valence electrons. The molecule has 0 aromatic carbocycles. The topological polar surface area (TPSA) is 88.8 Å². The summed E-state index contributed by atoms with van der Waals surface area (Å²) in [4.78, 5) is 13.2. The number of hydrogen-bond acceptors (Lipinski definition) is 6. The number of anilines is 2. The number of hydrogen-bond donors (Lipinski definition) is 2. The molecule has 0 aliphatic carbocycles. The van der Waals surface area contributed by atoms with E-state index in [0.717, 1.165) is 17.1 Å². The molecule has 3 rings (SSSR count). The zero-order valence-corrected chi connectivity index (χ0v) is 12.1. The third-order valence-electron chi connectivity index (χ3n) is 2.98. The van der Waals surface area contributed by atoms with Crippen molar-refractivity contribution in [3.05, 3.63) is 48.5 Å². The molecule has 0 fully saturated rings. The number of aromatic nitrogens is 5. The van der Waals surface area contributed by atoms with Crippen LogP contribution in [0.4, 0.5) is 11.5 Å². The van der Waals surface area contributed by atoms with E-state index in [-0.39, 0.29) is 6.61 Å². The molecular weight excluding hydrogens is 280 g/mol. The van der Waals surface area contributed by atoms with Crippen molar-refractivity contribution in [3.8, 4) is 11.5 Å². The minimum atomic E-state index is 0.0531. The van der Waals surface area contributed by atoms with Crippen molar-refractivity contribution < 1.29 is 5.11 Å². The summed E-state index contributed by atoms with van der Waals surface area (Å²) in [5.41, 5.74) is 2.38. The van der Waals surface area contributed by atoms with Gasteiger partial charge in [-0.2, -0.15) is 5.10 Å². The van der Waals surface area contributed by atoms with Crippen LogP contribution in [-0.4, -0.2) is 36.4 Å². The Kier molecular flexibility index (Phi) is 4.06. The number of rotatable bonds is 5. The Hall–Kier alpha value is -2.80. The number of aryl methyl sites for hydroxylation is 1. The van der Waals surface area contributed by atoms with E-state index < -0.39 is 0 Å². The van der Waals surface area contributed by atoms with Crippen molar-refractivity contribution in [1.82, 2.24) is 24.7 Å². The van der Waals surface area contributed by atoms with Gasteiger partial charge in [0, 0.05) is 24.2 Å². The minimum Gasteiger partial charge on any atom is -0.394 e. The molecule has 0 saturated heterocycles. The first-order chi connectivity index (χ1) is 10.7. The van der Waals surface area contributed by atoms with Gasteiger partial charge in [-0.25, -0.2) is 9.97 Å². The van der Waals surface area contributed by atoms with Crippen LogP contribution in [0.25, 0.3) is 11.5 Å². The molecule has 0 aliphatic rings. The van der Waals surface area contributed by atoms with Gasteiger partial charge in [0.1, 0.15) is 11.5 Å². The number of aliphatic hydroxyl groups excluding tert-OH is 1. The lowest BCUT2D eigenvalue weighted by Crippen LogP contribution is -2.02. The molecule has 22 heavy (non-hydrogen) atoms. The first-order valence-corrected chi connectivity index (χ1v) is 6.92. The summed E-state index contributed by atoms with van der Waals surface area (Å²) in [6.45, 7) is 2.43. The average Bonchev–Trinajstić information content (AvgIpc) is 2.95. The number of pyridine rings is 1. The fraction of sp³-hybridized carbons (Fsp3) is 0.200. The number of nitrogens with zero attached hydrogens (tertiary/aromatic N) is 5. The zero-order valence-electron chi connectivity index (χ0n) is 12.1. The third kappa shape index (κ3) is 3.26. The highest BCUT2D eigenvalue weighted by molar-refractivity contribution is 5.58. The van der Waals surface area contributed by atoms with Crippen LogP contribution < -0.4 is 5.32 Å². The molecule has 0 amide bonds. The molecule has 0 unspecified atom stereocenters. The molecule has 0 aliphatic heterocycles. The van der Waals surface area contributed by atoms with Gasteiger partial charge in [-0.3, -0.25) is 9.67 Å². The molecule has 0 saturated carbocycles. The Morgan fingerprint density at radius 2 is 2.18 bits per heavy atom. The van der Waals surface area contributed by atoms with Gasteiger partial charge in [-0.1, -0.05) is 6.07 Å². The fourth-order valence-corrected chi connectivity index (χ4v) is 2.04. The molecule has 3 heterocycles. The zero-order chi connectivity index (χ0) is 15.4. The Labute approximate surface area is 127 Å². The molecule has 0 radical (unpaired) electrons. The standard InChI is InChI=1S/C15H16N6O/c1-11-8-14(19-12-9-17-21(10-12)6-7-22)20-15(18-11)13-4-2-3-5-16-13/h2-5,8-10,22H,6-7H2,1H3,(H,18,19,20). The Bertz CT molecular complexity index is 756. The SMILES string of the molecule is Cc1cc(Nc2cnn(CCO)c2)nc(-c2ccccn2)n1. The molecule has 7 heteroatoms. The van der Waals surface area contributed by atoms with Crippen LogP contribution in [0.2, 0.25) is 0 Å². The largest absolute Gasteiger partial charge is 0.394 e. The second-order valence-corrected chi connectivity index (χ2v) is 4.77. The summed E-state index contributed by atoms with van der Waals surface area (Å²) < 4.78 is 1.66. The Morgan fingerprint density at radius 1 is 1.27 bits per heavy atom. The molecule has 0 atom stereocenters. The van der Waals surface area contributed by atoms with Gasteiger partial charge in [-0.05, 0) is 19.1 Å². The van der Waals surface area contributed by atoms with Crippen molar-refractivity contribution >= 4 is 11.5 Å². The van der Waals surface area contributed by atoms with Crippen LogP contribution in [-0.2, 0) is 6.54 Å². The van der Waals surface area contributed by atoms with Crippen LogP contribution in [0.15, 0.2) is 42.9 Å².